The van der Waals surface area contributed by atoms with E-state index in [1.807, 2.05) is 43.3 Å². The van der Waals surface area contributed by atoms with Crippen molar-refractivity contribution in [2.75, 3.05) is 7.11 Å². The minimum atomic E-state index is -0.598. The predicted molar refractivity (Wildman–Crippen MR) is 116 cm³/mol. The van der Waals surface area contributed by atoms with Gasteiger partial charge in [0.2, 0.25) is 0 Å². The van der Waals surface area contributed by atoms with E-state index >= 15 is 0 Å². The Bertz CT molecular complexity index is 1030. The number of rotatable bonds is 6. The molecule has 0 radical (unpaired) electrons. The summed E-state index contributed by atoms with van der Waals surface area (Å²) in [6, 6.07) is 17.5. The Kier molecular flexibility index (Phi) is 6.54. The fourth-order valence-corrected chi connectivity index (χ4v) is 3.70. The second-order valence-corrected chi connectivity index (χ2v) is 7.64. The number of ether oxygens (including phenoxy) is 1. The standard InChI is InChI=1S/C23H22BrNO4/c1-3-17(23(28)29-2)20(15-8-11-16(24)12-9-15)25-22(27)19-13-10-14-6-4-5-7-18(14)21(19)26/h4-13,17,20,26H,3H2,1-2H3,(H,25,27)/t17-,20?/m0/s1. The van der Waals surface area contributed by atoms with Gasteiger partial charge < -0.3 is 15.2 Å². The van der Waals surface area contributed by atoms with E-state index < -0.39 is 23.8 Å². The molecule has 0 saturated carbocycles. The molecular weight excluding hydrogens is 434 g/mol. The Morgan fingerprint density at radius 2 is 1.76 bits per heavy atom. The molecule has 150 valence electrons. The minimum absolute atomic E-state index is 0.0822. The highest BCUT2D eigenvalue weighted by atomic mass is 79.9. The normalized spacial score (nSPS) is 12.9. The first kappa shape index (κ1) is 20.9. The van der Waals surface area contributed by atoms with Gasteiger partial charge in [-0.15, -0.1) is 0 Å². The lowest BCUT2D eigenvalue weighted by molar-refractivity contribution is -0.146. The maximum absolute atomic E-state index is 13.1. The van der Waals surface area contributed by atoms with E-state index in [2.05, 4.69) is 21.2 Å². The van der Waals surface area contributed by atoms with Crippen LogP contribution in [0.25, 0.3) is 10.8 Å². The average Bonchev–Trinajstić information content (AvgIpc) is 2.74. The van der Waals surface area contributed by atoms with Crippen LogP contribution in [0.3, 0.4) is 0 Å². The van der Waals surface area contributed by atoms with Crippen LogP contribution in [0.1, 0.15) is 35.3 Å². The second kappa shape index (κ2) is 9.09. The van der Waals surface area contributed by atoms with E-state index in [0.29, 0.717) is 11.8 Å². The quantitative estimate of drug-likeness (QED) is 0.514. The number of carbonyl (C=O) groups excluding carboxylic acids is 2. The summed E-state index contributed by atoms with van der Waals surface area (Å²) in [7, 11) is 1.33. The molecule has 5 nitrogen and oxygen atoms in total. The van der Waals surface area contributed by atoms with Gasteiger partial charge in [0.1, 0.15) is 5.75 Å². The topological polar surface area (TPSA) is 75.6 Å². The number of esters is 1. The van der Waals surface area contributed by atoms with Crippen molar-refractivity contribution in [3.05, 3.63) is 76.3 Å². The lowest BCUT2D eigenvalue weighted by Crippen LogP contribution is -2.37. The van der Waals surface area contributed by atoms with Crippen molar-refractivity contribution in [2.45, 2.75) is 19.4 Å². The molecule has 2 N–H and O–H groups in total. The van der Waals surface area contributed by atoms with E-state index in [4.69, 9.17) is 4.74 Å². The maximum Gasteiger partial charge on any atom is 0.311 e. The molecule has 1 amide bonds. The summed E-state index contributed by atoms with van der Waals surface area (Å²) in [6.45, 7) is 1.87. The van der Waals surface area contributed by atoms with Gasteiger partial charge in [-0.05, 0) is 35.6 Å². The van der Waals surface area contributed by atoms with Gasteiger partial charge in [-0.2, -0.15) is 0 Å². The van der Waals surface area contributed by atoms with E-state index in [-0.39, 0.29) is 11.3 Å². The highest BCUT2D eigenvalue weighted by Crippen LogP contribution is 2.31. The zero-order valence-corrected chi connectivity index (χ0v) is 17.8. The summed E-state index contributed by atoms with van der Waals surface area (Å²) in [5.41, 5.74) is 0.935. The third-order valence-electron chi connectivity index (χ3n) is 5.01. The first-order chi connectivity index (χ1) is 14.0. The van der Waals surface area contributed by atoms with Gasteiger partial charge in [0, 0.05) is 9.86 Å². The number of benzene rings is 3. The van der Waals surface area contributed by atoms with Crippen LogP contribution in [0.4, 0.5) is 0 Å². The summed E-state index contributed by atoms with van der Waals surface area (Å²) >= 11 is 3.40. The highest BCUT2D eigenvalue weighted by Gasteiger charge is 2.31. The second-order valence-electron chi connectivity index (χ2n) is 6.72. The van der Waals surface area contributed by atoms with Gasteiger partial charge in [0.15, 0.2) is 0 Å². The van der Waals surface area contributed by atoms with E-state index in [0.717, 1.165) is 15.4 Å². The SMILES string of the molecule is CC[C@H](C(=O)OC)C(NC(=O)c1ccc2ccccc2c1O)c1ccc(Br)cc1. The lowest BCUT2D eigenvalue weighted by Gasteiger charge is -2.26. The van der Waals surface area contributed by atoms with Crippen LogP contribution in [0.2, 0.25) is 0 Å². The van der Waals surface area contributed by atoms with Crippen LogP contribution in [-0.2, 0) is 9.53 Å². The molecule has 0 aliphatic heterocycles. The Labute approximate surface area is 177 Å². The maximum atomic E-state index is 13.1. The van der Waals surface area contributed by atoms with E-state index in [1.165, 1.54) is 7.11 Å². The molecular formula is C23H22BrNO4. The number of hydrogen-bond donors (Lipinski definition) is 2. The van der Waals surface area contributed by atoms with Gasteiger partial charge in [0.05, 0.1) is 24.6 Å². The van der Waals surface area contributed by atoms with E-state index in [1.54, 1.807) is 24.3 Å². The molecule has 0 spiro atoms. The highest BCUT2D eigenvalue weighted by molar-refractivity contribution is 9.10. The van der Waals surface area contributed by atoms with Gasteiger partial charge in [0.25, 0.3) is 5.91 Å². The minimum Gasteiger partial charge on any atom is -0.506 e. The van der Waals surface area contributed by atoms with Crippen LogP contribution in [0.15, 0.2) is 65.1 Å². The third kappa shape index (κ3) is 4.43. The van der Waals surface area contributed by atoms with Gasteiger partial charge in [-0.25, -0.2) is 0 Å². The van der Waals surface area contributed by atoms with Crippen molar-refractivity contribution in [2.24, 2.45) is 5.92 Å². The van der Waals surface area contributed by atoms with Crippen molar-refractivity contribution in [3.63, 3.8) is 0 Å². The fourth-order valence-electron chi connectivity index (χ4n) is 3.43. The predicted octanol–water partition coefficient (Wildman–Crippen LogP) is 4.98. The summed E-state index contributed by atoms with van der Waals surface area (Å²) < 4.78 is 5.84. The largest absolute Gasteiger partial charge is 0.506 e. The molecule has 2 atom stereocenters. The fraction of sp³-hybridized carbons (Fsp3) is 0.217. The molecule has 1 unspecified atom stereocenters. The molecule has 0 bridgehead atoms. The number of nitrogens with one attached hydrogen (secondary N) is 1. The van der Waals surface area contributed by atoms with Gasteiger partial charge in [-0.1, -0.05) is 65.3 Å². The third-order valence-corrected chi connectivity index (χ3v) is 5.54. The van der Waals surface area contributed by atoms with Crippen molar-refractivity contribution >= 4 is 38.6 Å². The molecule has 0 heterocycles. The molecule has 3 rings (SSSR count). The number of carbonyl (C=O) groups is 2. The Morgan fingerprint density at radius 3 is 2.41 bits per heavy atom. The zero-order chi connectivity index (χ0) is 21.0. The summed E-state index contributed by atoms with van der Waals surface area (Å²) in [4.78, 5) is 25.4. The van der Waals surface area contributed by atoms with Crippen LogP contribution >= 0.6 is 15.9 Å². The first-order valence-electron chi connectivity index (χ1n) is 9.31. The first-order valence-corrected chi connectivity index (χ1v) is 10.1. The van der Waals surface area contributed by atoms with Gasteiger partial charge >= 0.3 is 5.97 Å². The molecule has 0 aliphatic rings. The van der Waals surface area contributed by atoms with Crippen molar-refractivity contribution < 1.29 is 19.4 Å². The van der Waals surface area contributed by atoms with Crippen LogP contribution in [0.5, 0.6) is 5.75 Å². The zero-order valence-electron chi connectivity index (χ0n) is 16.2. The summed E-state index contributed by atoms with van der Waals surface area (Å²) in [5, 5.41) is 15.0. The Hall–Kier alpha value is -2.86. The number of fused-ring (bicyclic) bond motifs is 1. The summed E-state index contributed by atoms with van der Waals surface area (Å²) in [6.07, 6.45) is 0.484. The molecule has 6 heteroatoms. The lowest BCUT2D eigenvalue weighted by atomic mass is 9.90. The van der Waals surface area contributed by atoms with Crippen molar-refractivity contribution in [1.82, 2.24) is 5.32 Å². The number of hydrogen-bond acceptors (Lipinski definition) is 4. The average molecular weight is 456 g/mol. The molecule has 0 aromatic heterocycles. The smallest absolute Gasteiger partial charge is 0.311 e. The summed E-state index contributed by atoms with van der Waals surface area (Å²) in [5.74, 6) is -1.50. The number of methoxy groups -OCH3 is 1. The molecule has 29 heavy (non-hydrogen) atoms. The monoisotopic (exact) mass is 455 g/mol. The number of halogens is 1. The van der Waals surface area contributed by atoms with Crippen LogP contribution in [0, 0.1) is 5.92 Å². The Morgan fingerprint density at radius 1 is 1.07 bits per heavy atom. The van der Waals surface area contributed by atoms with E-state index in [9.17, 15) is 14.7 Å². The van der Waals surface area contributed by atoms with Crippen LogP contribution in [-0.4, -0.2) is 24.1 Å². The number of phenolic OH excluding ortho intramolecular Hbond substituents is 1. The van der Waals surface area contributed by atoms with Gasteiger partial charge in [-0.3, -0.25) is 9.59 Å². The number of phenols is 1. The molecule has 0 fully saturated rings. The molecule has 0 saturated heterocycles. The Balaban J connectivity index is 1.99. The number of aromatic hydroxyl groups is 1. The molecule has 0 aliphatic carbocycles. The van der Waals surface area contributed by atoms with Crippen molar-refractivity contribution in [1.29, 1.82) is 0 Å². The van der Waals surface area contributed by atoms with Crippen LogP contribution < -0.4 is 5.32 Å². The van der Waals surface area contributed by atoms with Crippen molar-refractivity contribution in [3.8, 4) is 5.75 Å². The number of amides is 1. The molecule has 3 aromatic rings. The molecule has 3 aromatic carbocycles.